The first-order valence-corrected chi connectivity index (χ1v) is 6.78. The van der Waals surface area contributed by atoms with Crippen LogP contribution in [-0.4, -0.2) is 30.0 Å². The number of allylic oxidation sites excluding steroid dienone is 1. The van der Waals surface area contributed by atoms with Crippen LogP contribution < -0.4 is 0 Å². The van der Waals surface area contributed by atoms with Crippen LogP contribution in [0.5, 0.6) is 0 Å². The Balaban J connectivity index is 2.57. The lowest BCUT2D eigenvalue weighted by Gasteiger charge is -2.17. The standard InChI is InChI=1S/C13H16ClFN2O3/c1-19-7-17-10-5-3-4-8(12(15)13(18)20-2)11(10)9(6-14)16-17/h3-7H2,1-2H3/b12-8-. The first kappa shape index (κ1) is 15.0. The van der Waals surface area contributed by atoms with E-state index in [1.807, 2.05) is 0 Å². The molecular weight excluding hydrogens is 287 g/mol. The van der Waals surface area contributed by atoms with Crippen molar-refractivity contribution in [1.29, 1.82) is 0 Å². The Bertz CT molecular complexity index is 554. The molecule has 0 bridgehead atoms. The summed E-state index contributed by atoms with van der Waals surface area (Å²) in [5, 5.41) is 4.32. The number of hydrogen-bond acceptors (Lipinski definition) is 4. The molecule has 1 heterocycles. The summed E-state index contributed by atoms with van der Waals surface area (Å²) in [4.78, 5) is 11.4. The van der Waals surface area contributed by atoms with E-state index >= 15 is 0 Å². The van der Waals surface area contributed by atoms with Crippen LogP contribution in [0.1, 0.15) is 29.8 Å². The van der Waals surface area contributed by atoms with E-state index in [9.17, 15) is 9.18 Å². The first-order valence-electron chi connectivity index (χ1n) is 6.24. The van der Waals surface area contributed by atoms with E-state index in [-0.39, 0.29) is 12.6 Å². The van der Waals surface area contributed by atoms with E-state index in [0.717, 1.165) is 25.6 Å². The molecule has 110 valence electrons. The molecule has 20 heavy (non-hydrogen) atoms. The molecule has 1 aliphatic carbocycles. The number of methoxy groups -OCH3 is 2. The number of hydrogen-bond donors (Lipinski definition) is 0. The molecule has 0 unspecified atom stereocenters. The van der Waals surface area contributed by atoms with Crippen molar-refractivity contribution in [1.82, 2.24) is 9.78 Å². The molecule has 7 heteroatoms. The molecule has 0 radical (unpaired) electrons. The smallest absolute Gasteiger partial charge is 0.367 e. The van der Waals surface area contributed by atoms with Gasteiger partial charge in [-0.15, -0.1) is 11.6 Å². The Kier molecular flexibility index (Phi) is 4.77. The van der Waals surface area contributed by atoms with Crippen LogP contribution in [-0.2, 0) is 33.3 Å². The normalized spacial score (nSPS) is 16.8. The molecule has 0 saturated carbocycles. The number of fused-ring (bicyclic) bond motifs is 1. The molecule has 0 fully saturated rings. The molecule has 5 nitrogen and oxygen atoms in total. The van der Waals surface area contributed by atoms with E-state index in [0.29, 0.717) is 23.3 Å². The molecule has 2 rings (SSSR count). The quantitative estimate of drug-likeness (QED) is 0.487. The number of alkyl halides is 1. The van der Waals surface area contributed by atoms with Crippen LogP contribution in [0.2, 0.25) is 0 Å². The second-order valence-corrected chi connectivity index (χ2v) is 4.72. The molecule has 1 aromatic heterocycles. The molecule has 0 N–H and O–H groups in total. The zero-order valence-corrected chi connectivity index (χ0v) is 12.2. The van der Waals surface area contributed by atoms with Gasteiger partial charge in [-0.05, 0) is 19.3 Å². The average Bonchev–Trinajstić information content (AvgIpc) is 2.84. The van der Waals surface area contributed by atoms with E-state index in [1.165, 1.54) is 0 Å². The van der Waals surface area contributed by atoms with Crippen molar-refractivity contribution in [3.8, 4) is 0 Å². The molecule has 0 amide bonds. The van der Waals surface area contributed by atoms with Crippen molar-refractivity contribution < 1.29 is 18.7 Å². The molecule has 1 aromatic rings. The van der Waals surface area contributed by atoms with Gasteiger partial charge < -0.3 is 9.47 Å². The predicted octanol–water partition coefficient (Wildman–Crippen LogP) is 2.42. The van der Waals surface area contributed by atoms with Crippen LogP contribution in [0.15, 0.2) is 5.83 Å². The monoisotopic (exact) mass is 302 g/mol. The summed E-state index contributed by atoms with van der Waals surface area (Å²) < 4.78 is 25.4. The number of ether oxygens (including phenoxy) is 2. The maximum Gasteiger partial charge on any atom is 0.367 e. The van der Waals surface area contributed by atoms with Crippen molar-refractivity contribution in [3.05, 3.63) is 22.8 Å². The molecule has 1 aliphatic rings. The molecule has 0 atom stereocenters. The second-order valence-electron chi connectivity index (χ2n) is 4.46. The number of carbonyl (C=O) groups excluding carboxylic acids is 1. The maximum absolute atomic E-state index is 14.2. The highest BCUT2D eigenvalue weighted by Crippen LogP contribution is 2.36. The average molecular weight is 303 g/mol. The fourth-order valence-electron chi connectivity index (χ4n) is 2.47. The summed E-state index contributed by atoms with van der Waals surface area (Å²) >= 11 is 5.88. The molecule has 0 saturated heterocycles. The van der Waals surface area contributed by atoms with Gasteiger partial charge in [0, 0.05) is 23.9 Å². The van der Waals surface area contributed by atoms with Crippen molar-refractivity contribution in [2.75, 3.05) is 14.2 Å². The lowest BCUT2D eigenvalue weighted by Crippen LogP contribution is -2.12. The number of halogens is 2. The van der Waals surface area contributed by atoms with Crippen LogP contribution in [0.25, 0.3) is 5.57 Å². The SMILES string of the molecule is COCn1nc(CCl)c2c1CCC/C2=C(/F)C(=O)OC. The lowest BCUT2D eigenvalue weighted by atomic mass is 9.90. The molecule has 0 aliphatic heterocycles. The van der Waals surface area contributed by atoms with Gasteiger partial charge in [0.1, 0.15) is 6.73 Å². The third-order valence-electron chi connectivity index (χ3n) is 3.28. The second kappa shape index (κ2) is 6.37. The van der Waals surface area contributed by atoms with Crippen LogP contribution in [0, 0.1) is 0 Å². The summed E-state index contributed by atoms with van der Waals surface area (Å²) in [6.07, 6.45) is 1.96. The van der Waals surface area contributed by atoms with E-state index in [1.54, 1.807) is 11.8 Å². The number of nitrogens with zero attached hydrogens (tertiary/aromatic N) is 2. The van der Waals surface area contributed by atoms with Gasteiger partial charge in [-0.1, -0.05) is 0 Å². The topological polar surface area (TPSA) is 53.4 Å². The first-order chi connectivity index (χ1) is 9.63. The van der Waals surface area contributed by atoms with Crippen molar-refractivity contribution in [2.24, 2.45) is 0 Å². The fraction of sp³-hybridized carbons (Fsp3) is 0.538. The van der Waals surface area contributed by atoms with E-state index in [2.05, 4.69) is 9.84 Å². The Morgan fingerprint density at radius 3 is 2.80 bits per heavy atom. The fourth-order valence-corrected chi connectivity index (χ4v) is 2.65. The number of esters is 1. The van der Waals surface area contributed by atoms with Gasteiger partial charge in [0.2, 0.25) is 5.83 Å². The van der Waals surface area contributed by atoms with Gasteiger partial charge >= 0.3 is 5.97 Å². The summed E-state index contributed by atoms with van der Waals surface area (Å²) in [6, 6.07) is 0. The number of carbonyl (C=O) groups is 1. The van der Waals surface area contributed by atoms with E-state index in [4.69, 9.17) is 16.3 Å². The highest BCUT2D eigenvalue weighted by molar-refractivity contribution is 6.17. The highest BCUT2D eigenvalue weighted by atomic mass is 35.5. The summed E-state index contributed by atoms with van der Waals surface area (Å²) in [5.74, 6) is -1.68. The predicted molar refractivity (Wildman–Crippen MR) is 71.8 cm³/mol. The van der Waals surface area contributed by atoms with Gasteiger partial charge in [-0.3, -0.25) is 0 Å². The van der Waals surface area contributed by atoms with Gasteiger partial charge in [0.15, 0.2) is 0 Å². The van der Waals surface area contributed by atoms with Gasteiger partial charge in [0.25, 0.3) is 0 Å². The van der Waals surface area contributed by atoms with Crippen molar-refractivity contribution in [2.45, 2.75) is 31.9 Å². The maximum atomic E-state index is 14.2. The minimum Gasteiger partial charge on any atom is -0.464 e. The summed E-state index contributed by atoms with van der Waals surface area (Å²) in [6.45, 7) is 0.270. The van der Waals surface area contributed by atoms with Crippen molar-refractivity contribution in [3.63, 3.8) is 0 Å². The zero-order chi connectivity index (χ0) is 14.7. The number of aromatic nitrogens is 2. The third-order valence-corrected chi connectivity index (χ3v) is 3.53. The Morgan fingerprint density at radius 2 is 2.20 bits per heavy atom. The minimum atomic E-state index is -0.965. The Labute approximate surface area is 121 Å². The highest BCUT2D eigenvalue weighted by Gasteiger charge is 2.28. The minimum absolute atomic E-state index is 0.150. The lowest BCUT2D eigenvalue weighted by molar-refractivity contribution is -0.137. The number of rotatable bonds is 4. The van der Waals surface area contributed by atoms with Crippen molar-refractivity contribution >= 4 is 23.1 Å². The van der Waals surface area contributed by atoms with Gasteiger partial charge in [-0.2, -0.15) is 9.49 Å². The van der Waals surface area contributed by atoms with Gasteiger partial charge in [0.05, 0.1) is 18.7 Å². The van der Waals surface area contributed by atoms with Crippen LogP contribution in [0.3, 0.4) is 0 Å². The summed E-state index contributed by atoms with van der Waals surface area (Å²) in [5.41, 5.74) is 2.37. The Morgan fingerprint density at radius 1 is 1.45 bits per heavy atom. The Hall–Kier alpha value is -1.40. The zero-order valence-electron chi connectivity index (χ0n) is 11.4. The molecule has 0 aromatic carbocycles. The molecular formula is C13H16ClFN2O3. The third kappa shape index (κ3) is 2.58. The van der Waals surface area contributed by atoms with E-state index < -0.39 is 11.8 Å². The largest absolute Gasteiger partial charge is 0.464 e. The summed E-state index contributed by atoms with van der Waals surface area (Å²) in [7, 11) is 2.71. The van der Waals surface area contributed by atoms with Gasteiger partial charge in [-0.25, -0.2) is 9.48 Å². The van der Waals surface area contributed by atoms with Crippen LogP contribution in [0.4, 0.5) is 4.39 Å². The molecule has 0 spiro atoms. The van der Waals surface area contributed by atoms with Crippen LogP contribution >= 0.6 is 11.6 Å².